The zero-order valence-corrected chi connectivity index (χ0v) is 10.8. The van der Waals surface area contributed by atoms with Gasteiger partial charge in [-0.25, -0.2) is 8.42 Å². The van der Waals surface area contributed by atoms with Crippen molar-refractivity contribution >= 4 is 10.0 Å². The predicted molar refractivity (Wildman–Crippen MR) is 66.7 cm³/mol. The molecule has 1 aromatic carbocycles. The normalized spacial score (nSPS) is 16.8. The molecule has 0 unspecified atom stereocenters. The number of sulfonamides is 1. The number of rotatable bonds is 5. The fraction of sp³-hybridized carbons (Fsp3) is 0.500. The highest BCUT2D eigenvalue weighted by molar-refractivity contribution is 7.89. The molecule has 2 rings (SSSR count). The standard InChI is InChI=1S/C12H17NO4S/c14-9-8-13(10-2-1-3-10)18(16,17)12-6-4-11(15)5-7-12/h4-7,10,14-15H,1-3,8-9H2. The van der Waals surface area contributed by atoms with E-state index in [9.17, 15) is 13.5 Å². The zero-order chi connectivity index (χ0) is 13.2. The van der Waals surface area contributed by atoms with Crippen LogP contribution in [0.25, 0.3) is 0 Å². The minimum absolute atomic E-state index is 0.00375. The van der Waals surface area contributed by atoms with E-state index in [-0.39, 0.29) is 29.8 Å². The van der Waals surface area contributed by atoms with Crippen LogP contribution in [0, 0.1) is 0 Å². The molecule has 0 atom stereocenters. The van der Waals surface area contributed by atoms with E-state index in [1.807, 2.05) is 0 Å². The van der Waals surface area contributed by atoms with Gasteiger partial charge in [-0.3, -0.25) is 0 Å². The van der Waals surface area contributed by atoms with E-state index < -0.39 is 10.0 Å². The third-order valence-electron chi connectivity index (χ3n) is 3.25. The minimum Gasteiger partial charge on any atom is -0.508 e. The first-order valence-electron chi connectivity index (χ1n) is 5.97. The van der Waals surface area contributed by atoms with Crippen molar-refractivity contribution in [2.24, 2.45) is 0 Å². The molecule has 0 heterocycles. The Kier molecular flexibility index (Phi) is 3.89. The smallest absolute Gasteiger partial charge is 0.243 e. The summed E-state index contributed by atoms with van der Waals surface area (Å²) >= 11 is 0. The highest BCUT2D eigenvalue weighted by Crippen LogP contribution is 2.30. The SMILES string of the molecule is O=S(=O)(c1ccc(O)cc1)N(CCO)C1CCC1. The molecule has 1 aromatic rings. The predicted octanol–water partition coefficient (Wildman–Crippen LogP) is 0.928. The van der Waals surface area contributed by atoms with Crippen molar-refractivity contribution in [3.8, 4) is 5.75 Å². The second-order valence-corrected chi connectivity index (χ2v) is 6.31. The van der Waals surface area contributed by atoms with Crippen molar-refractivity contribution in [1.82, 2.24) is 4.31 Å². The highest BCUT2D eigenvalue weighted by atomic mass is 32.2. The Balaban J connectivity index is 2.29. The monoisotopic (exact) mass is 271 g/mol. The maximum Gasteiger partial charge on any atom is 0.243 e. The summed E-state index contributed by atoms with van der Waals surface area (Å²) in [6.45, 7) is -0.0678. The molecular formula is C12H17NO4S. The molecule has 1 saturated carbocycles. The van der Waals surface area contributed by atoms with Gasteiger partial charge < -0.3 is 10.2 Å². The van der Waals surface area contributed by atoms with E-state index in [0.717, 1.165) is 19.3 Å². The van der Waals surface area contributed by atoms with Gasteiger partial charge in [-0.1, -0.05) is 6.42 Å². The van der Waals surface area contributed by atoms with Crippen molar-refractivity contribution in [3.05, 3.63) is 24.3 Å². The fourth-order valence-electron chi connectivity index (χ4n) is 2.03. The maximum atomic E-state index is 12.4. The lowest BCUT2D eigenvalue weighted by Crippen LogP contribution is -2.45. The van der Waals surface area contributed by atoms with Gasteiger partial charge in [0.1, 0.15) is 5.75 Å². The van der Waals surface area contributed by atoms with Crippen molar-refractivity contribution < 1.29 is 18.6 Å². The quantitative estimate of drug-likeness (QED) is 0.835. The Morgan fingerprint density at radius 1 is 1.22 bits per heavy atom. The average molecular weight is 271 g/mol. The molecule has 2 N–H and O–H groups in total. The molecule has 5 nitrogen and oxygen atoms in total. The maximum absolute atomic E-state index is 12.4. The second kappa shape index (κ2) is 5.26. The zero-order valence-electron chi connectivity index (χ0n) is 9.99. The van der Waals surface area contributed by atoms with Crippen LogP contribution in [-0.4, -0.2) is 42.1 Å². The van der Waals surface area contributed by atoms with Gasteiger partial charge in [0.25, 0.3) is 0 Å². The van der Waals surface area contributed by atoms with Crippen molar-refractivity contribution in [3.63, 3.8) is 0 Å². The van der Waals surface area contributed by atoms with Gasteiger partial charge in [-0.2, -0.15) is 4.31 Å². The lowest BCUT2D eigenvalue weighted by molar-refractivity contribution is 0.178. The third-order valence-corrected chi connectivity index (χ3v) is 5.21. The molecule has 0 bridgehead atoms. The van der Waals surface area contributed by atoms with Crippen LogP contribution in [0.4, 0.5) is 0 Å². The number of aliphatic hydroxyl groups excluding tert-OH is 1. The van der Waals surface area contributed by atoms with Crippen LogP contribution in [0.15, 0.2) is 29.2 Å². The topological polar surface area (TPSA) is 77.8 Å². The van der Waals surface area contributed by atoms with E-state index in [0.29, 0.717) is 0 Å². The molecule has 1 aliphatic rings. The van der Waals surface area contributed by atoms with Gasteiger partial charge in [-0.15, -0.1) is 0 Å². The van der Waals surface area contributed by atoms with E-state index in [2.05, 4.69) is 0 Å². The summed E-state index contributed by atoms with van der Waals surface area (Å²) in [7, 11) is -3.58. The summed E-state index contributed by atoms with van der Waals surface area (Å²) in [6, 6.07) is 5.47. The number of nitrogens with zero attached hydrogens (tertiary/aromatic N) is 1. The average Bonchev–Trinajstić information content (AvgIpc) is 2.26. The number of phenolic OH excluding ortho intramolecular Hbond substituents is 1. The van der Waals surface area contributed by atoms with E-state index in [1.54, 1.807) is 0 Å². The molecule has 1 fully saturated rings. The molecule has 0 saturated heterocycles. The van der Waals surface area contributed by atoms with Crippen LogP contribution in [-0.2, 0) is 10.0 Å². The van der Waals surface area contributed by atoms with Gasteiger partial charge in [0, 0.05) is 12.6 Å². The van der Waals surface area contributed by atoms with Gasteiger partial charge >= 0.3 is 0 Å². The first kappa shape index (κ1) is 13.3. The first-order chi connectivity index (χ1) is 8.55. The number of aliphatic hydroxyl groups is 1. The van der Waals surface area contributed by atoms with E-state index >= 15 is 0 Å². The Hall–Kier alpha value is -1.11. The summed E-state index contributed by atoms with van der Waals surface area (Å²) in [5.41, 5.74) is 0. The van der Waals surface area contributed by atoms with Crippen LogP contribution in [0.3, 0.4) is 0 Å². The Bertz CT molecular complexity index is 493. The molecule has 18 heavy (non-hydrogen) atoms. The summed E-state index contributed by atoms with van der Waals surface area (Å²) in [5.74, 6) is 0.0336. The number of aromatic hydroxyl groups is 1. The number of phenols is 1. The van der Waals surface area contributed by atoms with Crippen LogP contribution >= 0.6 is 0 Å². The summed E-state index contributed by atoms with van der Waals surface area (Å²) in [5, 5.41) is 18.2. The Labute approximate surface area is 107 Å². The highest BCUT2D eigenvalue weighted by Gasteiger charge is 2.34. The van der Waals surface area contributed by atoms with Crippen molar-refractivity contribution in [2.45, 2.75) is 30.2 Å². The number of hydrogen-bond donors (Lipinski definition) is 2. The molecule has 6 heteroatoms. The summed E-state index contributed by atoms with van der Waals surface area (Å²) < 4.78 is 26.2. The van der Waals surface area contributed by atoms with Gasteiger partial charge in [0.15, 0.2) is 0 Å². The van der Waals surface area contributed by atoms with Gasteiger partial charge in [-0.05, 0) is 37.1 Å². The molecule has 100 valence electrons. The lowest BCUT2D eigenvalue weighted by Gasteiger charge is -2.36. The van der Waals surface area contributed by atoms with Crippen molar-refractivity contribution in [1.29, 1.82) is 0 Å². The van der Waals surface area contributed by atoms with Crippen LogP contribution in [0.5, 0.6) is 5.75 Å². The third kappa shape index (κ3) is 2.50. The van der Waals surface area contributed by atoms with Crippen molar-refractivity contribution in [2.75, 3.05) is 13.2 Å². The number of benzene rings is 1. The fourth-order valence-corrected chi connectivity index (χ4v) is 3.70. The van der Waals surface area contributed by atoms with E-state index in [4.69, 9.17) is 5.11 Å². The molecular weight excluding hydrogens is 254 g/mol. The minimum atomic E-state index is -3.58. The van der Waals surface area contributed by atoms with Crippen LogP contribution in [0.2, 0.25) is 0 Å². The Morgan fingerprint density at radius 3 is 2.28 bits per heavy atom. The molecule has 0 spiro atoms. The number of hydrogen-bond acceptors (Lipinski definition) is 4. The second-order valence-electron chi connectivity index (χ2n) is 4.42. The van der Waals surface area contributed by atoms with E-state index in [1.165, 1.54) is 28.6 Å². The molecule has 0 aromatic heterocycles. The molecule has 0 amide bonds. The first-order valence-corrected chi connectivity index (χ1v) is 7.41. The lowest BCUT2D eigenvalue weighted by atomic mass is 9.93. The molecule has 0 radical (unpaired) electrons. The van der Waals surface area contributed by atoms with Gasteiger partial charge in [0.2, 0.25) is 10.0 Å². The molecule has 1 aliphatic carbocycles. The van der Waals surface area contributed by atoms with Crippen LogP contribution < -0.4 is 0 Å². The summed E-state index contributed by atoms with van der Waals surface area (Å²) in [4.78, 5) is 0.153. The molecule has 0 aliphatic heterocycles. The van der Waals surface area contributed by atoms with Gasteiger partial charge in [0.05, 0.1) is 11.5 Å². The Morgan fingerprint density at radius 2 is 1.83 bits per heavy atom. The summed E-state index contributed by atoms with van der Waals surface area (Å²) in [6.07, 6.45) is 2.71. The van der Waals surface area contributed by atoms with Crippen LogP contribution in [0.1, 0.15) is 19.3 Å². The largest absolute Gasteiger partial charge is 0.508 e.